The summed E-state index contributed by atoms with van der Waals surface area (Å²) in [6.07, 6.45) is 0. The largest absolute Gasteiger partial charge is 0.342 e. The number of rotatable bonds is 1. The molecule has 1 N–H and O–H groups in total. The molecule has 0 fully saturated rings. The summed E-state index contributed by atoms with van der Waals surface area (Å²) >= 11 is 6.02. The minimum atomic E-state index is 0.794. The summed E-state index contributed by atoms with van der Waals surface area (Å²) in [5.41, 5.74) is 3.81. The second kappa shape index (κ2) is 3.96. The highest BCUT2D eigenvalue weighted by molar-refractivity contribution is 6.30. The van der Waals surface area contributed by atoms with E-state index in [2.05, 4.69) is 28.1 Å². The van der Waals surface area contributed by atoms with Crippen molar-refractivity contribution in [1.82, 2.24) is 9.88 Å². The normalized spacial score (nSPS) is 14.8. The number of halogens is 1. The molecule has 1 aliphatic heterocycles. The molecule has 0 radical (unpaired) electrons. The first-order valence-corrected chi connectivity index (χ1v) is 5.87. The molecule has 0 bridgehead atoms. The Bertz CT molecular complexity index is 516. The van der Waals surface area contributed by atoms with Crippen molar-refractivity contribution in [3.63, 3.8) is 0 Å². The van der Waals surface area contributed by atoms with E-state index in [1.165, 1.54) is 17.0 Å². The van der Waals surface area contributed by atoms with Gasteiger partial charge in [0.2, 0.25) is 0 Å². The zero-order valence-corrected chi connectivity index (χ0v) is 9.67. The first-order chi connectivity index (χ1) is 7.84. The molecule has 1 aliphatic rings. The van der Waals surface area contributed by atoms with Crippen LogP contribution in [0, 0.1) is 0 Å². The van der Waals surface area contributed by atoms with Gasteiger partial charge in [-0.05, 0) is 29.8 Å². The Morgan fingerprint density at radius 1 is 1.19 bits per heavy atom. The summed E-state index contributed by atoms with van der Waals surface area (Å²) in [5, 5.41) is 4.16. The van der Waals surface area contributed by atoms with Crippen LogP contribution in [0.25, 0.3) is 11.3 Å². The van der Waals surface area contributed by atoms with Crippen LogP contribution < -0.4 is 5.32 Å². The number of hydrogen-bond acceptors (Lipinski definition) is 1. The number of hydrogen-bond donors (Lipinski definition) is 1. The standard InChI is InChI=1S/C13H13ClN2/c14-11-3-1-2-10(8-11)13-5-4-12-9-15-6-7-16(12)13/h1-5,8,15H,6-7,9H2. The van der Waals surface area contributed by atoms with Crippen molar-refractivity contribution in [1.29, 1.82) is 0 Å². The highest BCUT2D eigenvalue weighted by Crippen LogP contribution is 2.26. The maximum absolute atomic E-state index is 6.02. The van der Waals surface area contributed by atoms with Crippen LogP contribution in [-0.4, -0.2) is 11.1 Å². The number of aromatic nitrogens is 1. The highest BCUT2D eigenvalue weighted by atomic mass is 35.5. The number of benzene rings is 1. The fourth-order valence-corrected chi connectivity index (χ4v) is 2.43. The van der Waals surface area contributed by atoms with E-state index >= 15 is 0 Å². The van der Waals surface area contributed by atoms with Gasteiger partial charge >= 0.3 is 0 Å². The predicted octanol–water partition coefficient (Wildman–Crippen LogP) is 2.91. The molecule has 82 valence electrons. The van der Waals surface area contributed by atoms with Crippen LogP contribution in [0.5, 0.6) is 0 Å². The lowest BCUT2D eigenvalue weighted by Gasteiger charge is -2.19. The van der Waals surface area contributed by atoms with Gasteiger partial charge in [-0.25, -0.2) is 0 Å². The SMILES string of the molecule is Clc1cccc(-c2ccc3n2CCNC3)c1. The van der Waals surface area contributed by atoms with Gasteiger partial charge in [0.25, 0.3) is 0 Å². The monoisotopic (exact) mass is 232 g/mol. The van der Waals surface area contributed by atoms with E-state index in [0.29, 0.717) is 0 Å². The average Bonchev–Trinajstić information content (AvgIpc) is 2.72. The van der Waals surface area contributed by atoms with Crippen molar-refractivity contribution >= 4 is 11.6 Å². The van der Waals surface area contributed by atoms with E-state index in [4.69, 9.17) is 11.6 Å². The van der Waals surface area contributed by atoms with Gasteiger partial charge in [-0.3, -0.25) is 0 Å². The van der Waals surface area contributed by atoms with Crippen LogP contribution in [0.15, 0.2) is 36.4 Å². The molecule has 3 rings (SSSR count). The summed E-state index contributed by atoms with van der Waals surface area (Å²) < 4.78 is 2.36. The van der Waals surface area contributed by atoms with Gasteiger partial charge in [0.1, 0.15) is 0 Å². The van der Waals surface area contributed by atoms with Gasteiger partial charge < -0.3 is 9.88 Å². The Kier molecular flexibility index (Phi) is 2.46. The quantitative estimate of drug-likeness (QED) is 0.800. The molecule has 16 heavy (non-hydrogen) atoms. The molecule has 0 saturated carbocycles. The Morgan fingerprint density at radius 3 is 3.00 bits per heavy atom. The minimum Gasteiger partial charge on any atom is -0.342 e. The molecular formula is C13H13ClN2. The van der Waals surface area contributed by atoms with Crippen molar-refractivity contribution in [3.05, 3.63) is 47.1 Å². The second-order valence-electron chi connectivity index (χ2n) is 4.05. The molecule has 0 unspecified atom stereocenters. The molecule has 0 amide bonds. The Labute approximate surface area is 99.8 Å². The topological polar surface area (TPSA) is 17.0 Å². The summed E-state index contributed by atoms with van der Waals surface area (Å²) in [4.78, 5) is 0. The van der Waals surface area contributed by atoms with Crippen LogP contribution in [-0.2, 0) is 13.1 Å². The lowest BCUT2D eigenvalue weighted by molar-refractivity contribution is 0.520. The average molecular weight is 233 g/mol. The number of nitrogens with one attached hydrogen (secondary N) is 1. The van der Waals surface area contributed by atoms with Crippen molar-refractivity contribution in [3.8, 4) is 11.3 Å². The van der Waals surface area contributed by atoms with Crippen LogP contribution in [0.4, 0.5) is 0 Å². The van der Waals surface area contributed by atoms with Gasteiger partial charge in [-0.1, -0.05) is 23.7 Å². The lowest BCUT2D eigenvalue weighted by Crippen LogP contribution is -2.27. The van der Waals surface area contributed by atoms with E-state index in [0.717, 1.165) is 24.7 Å². The van der Waals surface area contributed by atoms with Crippen LogP contribution in [0.1, 0.15) is 5.69 Å². The smallest absolute Gasteiger partial charge is 0.0483 e. The third-order valence-electron chi connectivity index (χ3n) is 3.01. The molecule has 2 aromatic rings. The predicted molar refractivity (Wildman–Crippen MR) is 66.6 cm³/mol. The molecule has 0 saturated heterocycles. The fourth-order valence-electron chi connectivity index (χ4n) is 2.24. The molecule has 1 aromatic carbocycles. The van der Waals surface area contributed by atoms with Crippen molar-refractivity contribution in [2.24, 2.45) is 0 Å². The van der Waals surface area contributed by atoms with E-state index < -0.39 is 0 Å². The molecule has 2 nitrogen and oxygen atoms in total. The Balaban J connectivity index is 2.09. The first kappa shape index (κ1) is 9.94. The summed E-state index contributed by atoms with van der Waals surface area (Å²) in [6, 6.07) is 12.4. The molecular weight excluding hydrogens is 220 g/mol. The van der Waals surface area contributed by atoms with Crippen molar-refractivity contribution in [2.45, 2.75) is 13.1 Å². The van der Waals surface area contributed by atoms with Crippen LogP contribution >= 0.6 is 11.6 Å². The molecule has 1 aromatic heterocycles. The van der Waals surface area contributed by atoms with E-state index in [-0.39, 0.29) is 0 Å². The lowest BCUT2D eigenvalue weighted by atomic mass is 10.1. The third-order valence-corrected chi connectivity index (χ3v) is 3.24. The van der Waals surface area contributed by atoms with Crippen molar-refractivity contribution < 1.29 is 0 Å². The highest BCUT2D eigenvalue weighted by Gasteiger charge is 2.12. The van der Waals surface area contributed by atoms with Gasteiger partial charge in [0.05, 0.1) is 0 Å². The fraction of sp³-hybridized carbons (Fsp3) is 0.231. The zero-order valence-electron chi connectivity index (χ0n) is 8.91. The van der Waals surface area contributed by atoms with Crippen molar-refractivity contribution in [2.75, 3.05) is 6.54 Å². The zero-order chi connectivity index (χ0) is 11.0. The molecule has 0 spiro atoms. The summed E-state index contributed by atoms with van der Waals surface area (Å²) in [6.45, 7) is 3.03. The molecule has 0 aliphatic carbocycles. The van der Waals surface area contributed by atoms with Crippen LogP contribution in [0.2, 0.25) is 5.02 Å². The van der Waals surface area contributed by atoms with Gasteiger partial charge in [0, 0.05) is 36.0 Å². The molecule has 3 heteroatoms. The van der Waals surface area contributed by atoms with Gasteiger partial charge in [0.15, 0.2) is 0 Å². The number of nitrogens with zero attached hydrogens (tertiary/aromatic N) is 1. The van der Waals surface area contributed by atoms with E-state index in [9.17, 15) is 0 Å². The molecule has 0 atom stereocenters. The molecule has 2 heterocycles. The Morgan fingerprint density at radius 2 is 2.12 bits per heavy atom. The van der Waals surface area contributed by atoms with E-state index in [1.807, 2.05) is 18.2 Å². The van der Waals surface area contributed by atoms with Crippen LogP contribution in [0.3, 0.4) is 0 Å². The van der Waals surface area contributed by atoms with Gasteiger partial charge in [-0.15, -0.1) is 0 Å². The Hall–Kier alpha value is -1.25. The van der Waals surface area contributed by atoms with E-state index in [1.54, 1.807) is 0 Å². The minimum absolute atomic E-state index is 0.794. The summed E-state index contributed by atoms with van der Waals surface area (Å²) in [5.74, 6) is 0. The maximum Gasteiger partial charge on any atom is 0.0483 e. The maximum atomic E-state index is 6.02. The second-order valence-corrected chi connectivity index (χ2v) is 4.49. The third kappa shape index (κ3) is 1.64. The number of fused-ring (bicyclic) bond motifs is 1. The summed E-state index contributed by atoms with van der Waals surface area (Å²) in [7, 11) is 0. The van der Waals surface area contributed by atoms with Gasteiger partial charge in [-0.2, -0.15) is 0 Å². The first-order valence-electron chi connectivity index (χ1n) is 5.50.